The molecule has 11 heteroatoms. The molecule has 5 nitrogen and oxygen atoms in total. The molecular weight excluding hydrogens is 454 g/mol. The minimum Gasteiger partial charge on any atom is -0.444 e. The fourth-order valence-corrected chi connectivity index (χ4v) is 3.65. The summed E-state index contributed by atoms with van der Waals surface area (Å²) >= 11 is 0. The monoisotopic (exact) mass is 482 g/mol. The zero-order valence-corrected chi connectivity index (χ0v) is 19.0. The quantitative estimate of drug-likeness (QED) is 0.580. The first-order valence-corrected chi connectivity index (χ1v) is 10.3. The number of anilines is 1. The molecule has 1 aliphatic heterocycles. The maximum absolute atomic E-state index is 13.3. The van der Waals surface area contributed by atoms with Crippen LogP contribution in [-0.4, -0.2) is 59.7 Å². The Balaban J connectivity index is 2.41. The Morgan fingerprint density at radius 1 is 1.09 bits per heavy atom. The van der Waals surface area contributed by atoms with Gasteiger partial charge in [-0.05, 0) is 52.3 Å². The second kappa shape index (κ2) is 9.08. The van der Waals surface area contributed by atoms with Crippen LogP contribution in [0.2, 0.25) is 0 Å². The van der Waals surface area contributed by atoms with Gasteiger partial charge in [0.15, 0.2) is 0 Å². The Labute approximate surface area is 188 Å². The molecule has 33 heavy (non-hydrogen) atoms. The highest BCUT2D eigenvalue weighted by molar-refractivity contribution is 5.71. The molecule has 1 aromatic carbocycles. The highest BCUT2D eigenvalue weighted by Crippen LogP contribution is 2.50. The van der Waals surface area contributed by atoms with Crippen molar-refractivity contribution < 1.29 is 41.0 Å². The van der Waals surface area contributed by atoms with Crippen LogP contribution in [0.15, 0.2) is 24.3 Å². The number of alkyl halides is 6. The summed E-state index contributed by atoms with van der Waals surface area (Å²) in [5.74, 6) is 0. The van der Waals surface area contributed by atoms with Crippen molar-refractivity contribution >= 4 is 17.9 Å². The number of nitrogens with zero attached hydrogens (tertiary/aromatic N) is 2. The van der Waals surface area contributed by atoms with Crippen LogP contribution < -0.4 is 4.90 Å². The molecule has 1 aliphatic rings. The molecule has 0 aliphatic carbocycles. The largest absolute Gasteiger partial charge is 0.444 e. The van der Waals surface area contributed by atoms with E-state index in [4.69, 9.17) is 4.74 Å². The van der Waals surface area contributed by atoms with E-state index >= 15 is 0 Å². The molecule has 0 aromatic heterocycles. The molecule has 1 atom stereocenters. The van der Waals surface area contributed by atoms with Gasteiger partial charge in [0.25, 0.3) is 5.60 Å². The molecule has 1 saturated heterocycles. The number of halogens is 6. The van der Waals surface area contributed by atoms with Crippen LogP contribution in [0, 0.1) is 0 Å². The van der Waals surface area contributed by atoms with Crippen LogP contribution >= 0.6 is 0 Å². The third-order valence-corrected chi connectivity index (χ3v) is 5.20. The first-order chi connectivity index (χ1) is 14.9. The van der Waals surface area contributed by atoms with Crippen LogP contribution in [-0.2, 0) is 10.3 Å². The molecule has 2 rings (SSSR count). The predicted octanol–water partition coefficient (Wildman–Crippen LogP) is 5.48. The second-order valence-electron chi connectivity index (χ2n) is 8.95. The van der Waals surface area contributed by atoms with E-state index in [0.29, 0.717) is 17.8 Å². The van der Waals surface area contributed by atoms with Gasteiger partial charge in [0.2, 0.25) is 0 Å². The van der Waals surface area contributed by atoms with Crippen LogP contribution in [0.25, 0.3) is 6.08 Å². The van der Waals surface area contributed by atoms with E-state index in [0.717, 1.165) is 6.07 Å². The summed E-state index contributed by atoms with van der Waals surface area (Å²) in [4.78, 5) is 15.6. The van der Waals surface area contributed by atoms with Gasteiger partial charge in [-0.15, -0.1) is 0 Å². The van der Waals surface area contributed by atoms with Crippen LogP contribution in [0.1, 0.15) is 45.7 Å². The smallest absolute Gasteiger partial charge is 0.430 e. The molecule has 186 valence electrons. The minimum atomic E-state index is -5.97. The topological polar surface area (TPSA) is 53.0 Å². The van der Waals surface area contributed by atoms with Gasteiger partial charge in [-0.2, -0.15) is 26.3 Å². The molecule has 1 amide bonds. The fourth-order valence-electron chi connectivity index (χ4n) is 3.65. The third kappa shape index (κ3) is 5.56. The SMILES string of the molecule is CC=Cc1cc(C(O)(C(F)(F)F)C(F)(F)F)ccc1N1CCN(C(=O)OC(C)(C)C)C[C@@H]1C. The van der Waals surface area contributed by atoms with Gasteiger partial charge in [-0.25, -0.2) is 4.79 Å². The fraction of sp³-hybridized carbons (Fsp3) is 0.591. The van der Waals surface area contributed by atoms with E-state index in [1.54, 1.807) is 39.5 Å². The minimum absolute atomic E-state index is 0.0829. The Kier molecular flexibility index (Phi) is 7.38. The maximum atomic E-state index is 13.3. The molecule has 0 radical (unpaired) electrons. The summed E-state index contributed by atoms with van der Waals surface area (Å²) in [5, 5.41) is 9.74. The molecule has 0 saturated carbocycles. The number of ether oxygens (including phenoxy) is 1. The van der Waals surface area contributed by atoms with E-state index in [2.05, 4.69) is 0 Å². The van der Waals surface area contributed by atoms with Crippen molar-refractivity contribution in [1.29, 1.82) is 0 Å². The lowest BCUT2D eigenvalue weighted by atomic mass is 9.90. The van der Waals surface area contributed by atoms with Gasteiger partial charge in [-0.3, -0.25) is 0 Å². The number of hydrogen-bond donors (Lipinski definition) is 1. The van der Waals surface area contributed by atoms with Crippen molar-refractivity contribution in [3.8, 4) is 0 Å². The van der Waals surface area contributed by atoms with Gasteiger partial charge >= 0.3 is 18.4 Å². The number of carbonyl (C=O) groups is 1. The standard InChI is InChI=1S/C22H28F6N2O3/c1-6-7-15-12-16(20(32,21(23,24)25)22(26,27)28)8-9-17(15)30-11-10-29(13-14(30)2)18(31)33-19(3,4)5/h6-9,12,14,32H,10-11,13H2,1-5H3/t14-/m0/s1. The number of amides is 1. The van der Waals surface area contributed by atoms with Gasteiger partial charge < -0.3 is 19.6 Å². The number of allylic oxidation sites excluding steroid dienone is 1. The number of aliphatic hydroxyl groups is 1. The summed E-state index contributed by atoms with van der Waals surface area (Å²) in [5.41, 5.74) is -6.53. The summed E-state index contributed by atoms with van der Waals surface area (Å²) < 4.78 is 85.2. The number of benzene rings is 1. The predicted molar refractivity (Wildman–Crippen MR) is 112 cm³/mol. The Hall–Kier alpha value is -2.43. The highest BCUT2D eigenvalue weighted by atomic mass is 19.4. The van der Waals surface area contributed by atoms with Gasteiger partial charge in [0, 0.05) is 36.9 Å². The highest BCUT2D eigenvalue weighted by Gasteiger charge is 2.71. The molecule has 1 N–H and O–H groups in total. The summed E-state index contributed by atoms with van der Waals surface area (Å²) in [7, 11) is 0. The summed E-state index contributed by atoms with van der Waals surface area (Å²) in [6.45, 7) is 9.35. The van der Waals surface area contributed by atoms with Crippen LogP contribution in [0.5, 0.6) is 0 Å². The average molecular weight is 482 g/mol. The van der Waals surface area contributed by atoms with Crippen molar-refractivity contribution in [3.05, 3.63) is 35.4 Å². The molecule has 1 heterocycles. The van der Waals surface area contributed by atoms with Gasteiger partial charge in [-0.1, -0.05) is 18.2 Å². The Bertz CT molecular complexity index is 876. The second-order valence-corrected chi connectivity index (χ2v) is 8.95. The van der Waals surface area contributed by atoms with E-state index in [1.165, 1.54) is 17.1 Å². The lowest BCUT2D eigenvalue weighted by molar-refractivity contribution is -0.376. The molecule has 0 bridgehead atoms. The Morgan fingerprint density at radius 3 is 2.12 bits per heavy atom. The van der Waals surface area contributed by atoms with E-state index in [9.17, 15) is 36.2 Å². The van der Waals surface area contributed by atoms with Crippen molar-refractivity contribution in [3.63, 3.8) is 0 Å². The van der Waals surface area contributed by atoms with Crippen molar-refractivity contribution in [2.45, 2.75) is 64.2 Å². The van der Waals surface area contributed by atoms with Crippen molar-refractivity contribution in [2.24, 2.45) is 0 Å². The third-order valence-electron chi connectivity index (χ3n) is 5.20. The lowest BCUT2D eigenvalue weighted by Gasteiger charge is -2.42. The summed E-state index contributed by atoms with van der Waals surface area (Å²) in [6.07, 6.45) is -9.58. The number of rotatable bonds is 3. The van der Waals surface area contributed by atoms with Crippen molar-refractivity contribution in [2.75, 3.05) is 24.5 Å². The summed E-state index contributed by atoms with van der Waals surface area (Å²) in [6, 6.07) is 2.16. The molecule has 1 aromatic rings. The first-order valence-electron chi connectivity index (χ1n) is 10.3. The van der Waals surface area contributed by atoms with Crippen LogP contribution in [0.4, 0.5) is 36.8 Å². The molecule has 0 unspecified atom stereocenters. The zero-order chi connectivity index (χ0) is 25.4. The number of piperazine rings is 1. The number of hydrogen-bond acceptors (Lipinski definition) is 4. The van der Waals surface area contributed by atoms with Crippen molar-refractivity contribution in [1.82, 2.24) is 4.90 Å². The van der Waals surface area contributed by atoms with E-state index in [-0.39, 0.29) is 31.2 Å². The maximum Gasteiger partial charge on any atom is 0.430 e. The molecule has 1 fully saturated rings. The number of carbonyl (C=O) groups excluding carboxylic acids is 1. The van der Waals surface area contributed by atoms with E-state index in [1.807, 2.05) is 0 Å². The lowest BCUT2D eigenvalue weighted by Crippen LogP contribution is -2.55. The van der Waals surface area contributed by atoms with Crippen LogP contribution in [0.3, 0.4) is 0 Å². The average Bonchev–Trinajstić information content (AvgIpc) is 2.64. The zero-order valence-electron chi connectivity index (χ0n) is 19.0. The van der Waals surface area contributed by atoms with E-state index < -0.39 is 35.2 Å². The molecular formula is C22H28F6N2O3. The Morgan fingerprint density at radius 2 is 1.67 bits per heavy atom. The van der Waals surface area contributed by atoms with Gasteiger partial charge in [0.1, 0.15) is 5.60 Å². The normalized spacial score (nSPS) is 18.7. The van der Waals surface area contributed by atoms with Gasteiger partial charge in [0.05, 0.1) is 0 Å². The molecule has 0 spiro atoms. The first kappa shape index (κ1) is 26.8.